The van der Waals surface area contributed by atoms with Crippen LogP contribution in [0.25, 0.3) is 0 Å². The van der Waals surface area contributed by atoms with E-state index in [2.05, 4.69) is 0 Å². The Hall–Kier alpha value is -2.11. The topological polar surface area (TPSA) is 102 Å². The molecule has 1 rings (SSSR count). The van der Waals surface area contributed by atoms with Crippen LogP contribution in [-0.4, -0.2) is 16.9 Å². The maximum atomic E-state index is 10.5. The third-order valence-electron chi connectivity index (χ3n) is 1.87. The molecule has 1 aromatic rings. The van der Waals surface area contributed by atoms with E-state index in [1.807, 2.05) is 0 Å². The number of hydrogen-bond donors (Lipinski definition) is 2. The fourth-order valence-corrected chi connectivity index (χ4v) is 1.25. The molecule has 1 aromatic carbocycles. The van der Waals surface area contributed by atoms with Gasteiger partial charge in [-0.25, -0.2) is 0 Å². The van der Waals surface area contributed by atoms with Gasteiger partial charge in [-0.2, -0.15) is 0 Å². The summed E-state index contributed by atoms with van der Waals surface area (Å²) in [6.45, 7) is 1.75. The molecule has 0 aliphatic rings. The van der Waals surface area contributed by atoms with Gasteiger partial charge in [-0.3, -0.25) is 15.5 Å². The Bertz CT molecular complexity index is 406. The van der Waals surface area contributed by atoms with Gasteiger partial charge in [0.05, 0.1) is 16.8 Å². The number of nitrogens with two attached hydrogens (primary N) is 1. The van der Waals surface area contributed by atoms with Crippen molar-refractivity contribution in [1.82, 2.24) is 0 Å². The molecule has 0 aliphatic carbocycles. The number of hydrogen-bond acceptors (Lipinski definition) is 4. The second-order valence-corrected chi connectivity index (χ2v) is 3.41. The Labute approximate surface area is 92.7 Å². The van der Waals surface area contributed by atoms with Crippen LogP contribution in [0, 0.1) is 15.5 Å². The van der Waals surface area contributed by atoms with E-state index in [1.165, 1.54) is 12.1 Å². The molecular weight excluding hydrogens is 210 g/mol. The predicted octanol–water partition coefficient (Wildman–Crippen LogP) is 1.69. The Kier molecular flexibility index (Phi) is 3.82. The highest BCUT2D eigenvalue weighted by Crippen LogP contribution is 2.20. The summed E-state index contributed by atoms with van der Waals surface area (Å²) in [6.07, 6.45) is 0.0161. The molecule has 0 bridgehead atoms. The van der Waals surface area contributed by atoms with Gasteiger partial charge < -0.3 is 10.5 Å². The summed E-state index contributed by atoms with van der Waals surface area (Å²) in [5.74, 6) is 0.431. The van der Waals surface area contributed by atoms with E-state index < -0.39 is 4.92 Å². The maximum Gasteiger partial charge on any atom is 0.273 e. The largest absolute Gasteiger partial charge is 0.490 e. The van der Waals surface area contributed by atoms with Crippen molar-refractivity contribution < 1.29 is 9.66 Å². The number of nitro benzene ring substituents is 1. The fourth-order valence-electron chi connectivity index (χ4n) is 1.25. The summed E-state index contributed by atoms with van der Waals surface area (Å²) in [4.78, 5) is 10.0. The minimum absolute atomic E-state index is 0.0208. The molecule has 16 heavy (non-hydrogen) atoms. The predicted molar refractivity (Wildman–Crippen MR) is 59.7 cm³/mol. The molecule has 0 spiro atoms. The average Bonchev–Trinajstić information content (AvgIpc) is 2.16. The maximum absolute atomic E-state index is 10.5. The summed E-state index contributed by atoms with van der Waals surface area (Å²) in [7, 11) is 0. The summed E-state index contributed by atoms with van der Waals surface area (Å²) in [5.41, 5.74) is 5.20. The van der Waals surface area contributed by atoms with Crippen molar-refractivity contribution in [1.29, 1.82) is 5.41 Å². The number of non-ortho nitro benzene ring substituents is 1. The number of nitrogens with zero attached hydrogens (tertiary/aromatic N) is 1. The SMILES string of the molecule is CC(CC(=N)N)Oc1cccc([N+](=O)[O-])c1. The van der Waals surface area contributed by atoms with Crippen molar-refractivity contribution in [2.75, 3.05) is 0 Å². The molecule has 6 nitrogen and oxygen atoms in total. The van der Waals surface area contributed by atoms with Crippen LogP contribution in [-0.2, 0) is 0 Å². The average molecular weight is 223 g/mol. The monoisotopic (exact) mass is 223 g/mol. The van der Waals surface area contributed by atoms with E-state index in [4.69, 9.17) is 15.9 Å². The van der Waals surface area contributed by atoms with Gasteiger partial charge in [-0.15, -0.1) is 0 Å². The van der Waals surface area contributed by atoms with Gasteiger partial charge in [0.2, 0.25) is 0 Å². The highest BCUT2D eigenvalue weighted by molar-refractivity contribution is 5.77. The first-order valence-electron chi connectivity index (χ1n) is 4.73. The lowest BCUT2D eigenvalue weighted by atomic mass is 10.2. The van der Waals surface area contributed by atoms with Crippen molar-refractivity contribution >= 4 is 11.5 Å². The molecule has 86 valence electrons. The summed E-state index contributed by atoms with van der Waals surface area (Å²) < 4.78 is 5.39. The van der Waals surface area contributed by atoms with Crippen molar-refractivity contribution in [2.45, 2.75) is 19.4 Å². The standard InChI is InChI=1S/C10H13N3O3/c1-7(5-10(11)12)16-9-4-2-3-8(6-9)13(14)15/h2-4,6-7H,5H2,1H3,(H3,11,12). The van der Waals surface area contributed by atoms with Crippen LogP contribution in [0.2, 0.25) is 0 Å². The van der Waals surface area contributed by atoms with Gasteiger partial charge in [-0.1, -0.05) is 6.07 Å². The zero-order valence-electron chi connectivity index (χ0n) is 8.84. The summed E-state index contributed by atoms with van der Waals surface area (Å²) in [5, 5.41) is 17.6. The Balaban J connectivity index is 2.70. The molecule has 0 aliphatic heterocycles. The van der Waals surface area contributed by atoms with Gasteiger partial charge in [0.25, 0.3) is 5.69 Å². The lowest BCUT2D eigenvalue weighted by molar-refractivity contribution is -0.384. The second kappa shape index (κ2) is 5.11. The lowest BCUT2D eigenvalue weighted by Gasteiger charge is -2.13. The zero-order valence-corrected chi connectivity index (χ0v) is 8.84. The molecule has 0 amide bonds. The highest BCUT2D eigenvalue weighted by atomic mass is 16.6. The Morgan fingerprint density at radius 1 is 1.69 bits per heavy atom. The van der Waals surface area contributed by atoms with Crippen LogP contribution in [0.1, 0.15) is 13.3 Å². The molecule has 1 unspecified atom stereocenters. The molecule has 6 heteroatoms. The van der Waals surface area contributed by atoms with E-state index in [0.29, 0.717) is 12.2 Å². The zero-order chi connectivity index (χ0) is 12.1. The first-order chi connectivity index (χ1) is 7.49. The van der Waals surface area contributed by atoms with Crippen LogP contribution in [0.3, 0.4) is 0 Å². The van der Waals surface area contributed by atoms with Crippen LogP contribution >= 0.6 is 0 Å². The second-order valence-electron chi connectivity index (χ2n) is 3.41. The highest BCUT2D eigenvalue weighted by Gasteiger charge is 2.09. The molecule has 0 fully saturated rings. The molecular formula is C10H13N3O3. The quantitative estimate of drug-likeness (QED) is 0.343. The van der Waals surface area contributed by atoms with E-state index in [9.17, 15) is 10.1 Å². The number of amidine groups is 1. The first-order valence-corrected chi connectivity index (χ1v) is 4.73. The normalized spacial score (nSPS) is 11.8. The van der Waals surface area contributed by atoms with E-state index in [-0.39, 0.29) is 17.6 Å². The van der Waals surface area contributed by atoms with E-state index >= 15 is 0 Å². The van der Waals surface area contributed by atoms with Crippen molar-refractivity contribution in [2.24, 2.45) is 5.73 Å². The van der Waals surface area contributed by atoms with Gasteiger partial charge >= 0.3 is 0 Å². The van der Waals surface area contributed by atoms with Crippen molar-refractivity contribution in [3.05, 3.63) is 34.4 Å². The number of benzene rings is 1. The van der Waals surface area contributed by atoms with E-state index in [0.717, 1.165) is 0 Å². The number of rotatable bonds is 5. The molecule has 1 atom stereocenters. The fraction of sp³-hybridized carbons (Fsp3) is 0.300. The van der Waals surface area contributed by atoms with Gasteiger partial charge in [0.15, 0.2) is 0 Å². The van der Waals surface area contributed by atoms with Gasteiger partial charge in [0, 0.05) is 12.5 Å². The molecule has 0 radical (unpaired) electrons. The number of ether oxygens (including phenoxy) is 1. The van der Waals surface area contributed by atoms with Crippen LogP contribution in [0.4, 0.5) is 5.69 Å². The van der Waals surface area contributed by atoms with Gasteiger partial charge in [-0.05, 0) is 13.0 Å². The van der Waals surface area contributed by atoms with Crippen LogP contribution < -0.4 is 10.5 Å². The molecule has 3 N–H and O–H groups in total. The minimum atomic E-state index is -0.484. The summed E-state index contributed by atoms with van der Waals surface area (Å²) in [6, 6.07) is 5.91. The smallest absolute Gasteiger partial charge is 0.273 e. The number of nitrogens with one attached hydrogen (secondary N) is 1. The lowest BCUT2D eigenvalue weighted by Crippen LogP contribution is -2.21. The van der Waals surface area contributed by atoms with Crippen LogP contribution in [0.15, 0.2) is 24.3 Å². The first kappa shape index (κ1) is 12.0. The van der Waals surface area contributed by atoms with Crippen molar-refractivity contribution in [3.8, 4) is 5.75 Å². The Morgan fingerprint density at radius 3 is 2.94 bits per heavy atom. The molecule has 0 heterocycles. The van der Waals surface area contributed by atoms with Crippen molar-refractivity contribution in [3.63, 3.8) is 0 Å². The molecule has 0 saturated carbocycles. The Morgan fingerprint density at radius 2 is 2.38 bits per heavy atom. The third-order valence-corrected chi connectivity index (χ3v) is 1.87. The van der Waals surface area contributed by atoms with E-state index in [1.54, 1.807) is 19.1 Å². The molecule has 0 saturated heterocycles. The summed E-state index contributed by atoms with van der Waals surface area (Å²) >= 11 is 0. The molecule has 0 aromatic heterocycles. The minimum Gasteiger partial charge on any atom is -0.490 e. The van der Waals surface area contributed by atoms with Gasteiger partial charge in [0.1, 0.15) is 11.9 Å². The van der Waals surface area contributed by atoms with Crippen LogP contribution in [0.5, 0.6) is 5.75 Å². The third kappa shape index (κ3) is 3.56. The number of nitro groups is 1.